The molecule has 1 amide bonds. The fourth-order valence-corrected chi connectivity index (χ4v) is 2.37. The second-order valence-corrected chi connectivity index (χ2v) is 5.26. The predicted molar refractivity (Wildman–Crippen MR) is 82.4 cm³/mol. The van der Waals surface area contributed by atoms with Gasteiger partial charge in [0.25, 0.3) is 5.91 Å². The molecule has 0 saturated heterocycles. The van der Waals surface area contributed by atoms with Crippen molar-refractivity contribution in [2.24, 2.45) is 7.05 Å². The fourth-order valence-electron chi connectivity index (χ4n) is 2.37. The lowest BCUT2D eigenvalue weighted by atomic mass is 10.1. The zero-order valence-corrected chi connectivity index (χ0v) is 12.8. The average Bonchev–Trinajstić information content (AvgIpc) is 3.14. The van der Waals surface area contributed by atoms with E-state index in [9.17, 15) is 9.18 Å². The molecule has 6 heteroatoms. The van der Waals surface area contributed by atoms with Gasteiger partial charge in [-0.25, -0.2) is 9.37 Å². The fraction of sp³-hybridized carbons (Fsp3) is 0.176. The molecular formula is C17H16FN3O2. The molecule has 0 radical (unpaired) electrons. The number of amides is 1. The van der Waals surface area contributed by atoms with E-state index in [2.05, 4.69) is 10.3 Å². The minimum Gasteiger partial charge on any atom is -0.456 e. The Labute approximate surface area is 132 Å². The van der Waals surface area contributed by atoms with E-state index in [1.807, 2.05) is 11.6 Å². The molecule has 0 aliphatic carbocycles. The number of nitrogens with one attached hydrogen (secondary N) is 1. The van der Waals surface area contributed by atoms with Crippen LogP contribution in [-0.4, -0.2) is 15.5 Å². The second-order valence-electron chi connectivity index (χ2n) is 5.26. The maximum absolute atomic E-state index is 13.2. The largest absolute Gasteiger partial charge is 0.456 e. The first-order chi connectivity index (χ1) is 11.0. The highest BCUT2D eigenvalue weighted by molar-refractivity contribution is 5.92. The number of rotatable bonds is 4. The number of halogens is 1. The van der Waals surface area contributed by atoms with Crippen LogP contribution in [0.4, 0.5) is 4.39 Å². The SMILES string of the molecule is Cc1ccc(C(=O)N[C@H](c2ccc(F)cc2)c2nccn2C)o1. The molecule has 0 spiro atoms. The maximum atomic E-state index is 13.2. The second kappa shape index (κ2) is 6.08. The van der Waals surface area contributed by atoms with Crippen molar-refractivity contribution in [3.8, 4) is 0 Å². The third-order valence-corrected chi connectivity index (χ3v) is 3.56. The summed E-state index contributed by atoms with van der Waals surface area (Å²) in [5, 5.41) is 2.89. The Kier molecular flexibility index (Phi) is 3.97. The zero-order chi connectivity index (χ0) is 16.4. The van der Waals surface area contributed by atoms with Crippen molar-refractivity contribution in [3.05, 3.63) is 77.5 Å². The maximum Gasteiger partial charge on any atom is 0.287 e. The molecule has 3 rings (SSSR count). The van der Waals surface area contributed by atoms with Crippen molar-refractivity contribution in [2.45, 2.75) is 13.0 Å². The van der Waals surface area contributed by atoms with E-state index in [0.717, 1.165) is 5.56 Å². The summed E-state index contributed by atoms with van der Waals surface area (Å²) in [4.78, 5) is 16.7. The van der Waals surface area contributed by atoms with Gasteiger partial charge in [0.15, 0.2) is 5.76 Å². The number of imidazole rings is 1. The number of furan rings is 1. The van der Waals surface area contributed by atoms with Gasteiger partial charge < -0.3 is 14.3 Å². The molecule has 0 aliphatic rings. The van der Waals surface area contributed by atoms with Gasteiger partial charge in [-0.3, -0.25) is 4.79 Å². The molecule has 1 aromatic carbocycles. The van der Waals surface area contributed by atoms with Crippen LogP contribution in [-0.2, 0) is 7.05 Å². The van der Waals surface area contributed by atoms with Crippen molar-refractivity contribution < 1.29 is 13.6 Å². The highest BCUT2D eigenvalue weighted by Gasteiger charge is 2.22. The number of carbonyl (C=O) groups excluding carboxylic acids is 1. The highest BCUT2D eigenvalue weighted by atomic mass is 19.1. The van der Waals surface area contributed by atoms with E-state index in [1.165, 1.54) is 12.1 Å². The number of carbonyl (C=O) groups is 1. The predicted octanol–water partition coefficient (Wildman–Crippen LogP) is 2.98. The van der Waals surface area contributed by atoms with Crippen molar-refractivity contribution in [3.63, 3.8) is 0 Å². The number of hydrogen-bond donors (Lipinski definition) is 1. The quantitative estimate of drug-likeness (QED) is 0.805. The lowest BCUT2D eigenvalue weighted by Gasteiger charge is -2.18. The van der Waals surface area contributed by atoms with Gasteiger partial charge in [0.1, 0.15) is 23.4 Å². The van der Waals surface area contributed by atoms with E-state index in [-0.39, 0.29) is 17.5 Å². The monoisotopic (exact) mass is 313 g/mol. The first-order valence-electron chi connectivity index (χ1n) is 7.14. The molecular weight excluding hydrogens is 297 g/mol. The van der Waals surface area contributed by atoms with Crippen LogP contribution in [0.5, 0.6) is 0 Å². The molecule has 23 heavy (non-hydrogen) atoms. The molecule has 5 nitrogen and oxygen atoms in total. The summed E-state index contributed by atoms with van der Waals surface area (Å²) in [6.07, 6.45) is 3.43. The summed E-state index contributed by atoms with van der Waals surface area (Å²) in [6, 6.07) is 8.80. The van der Waals surface area contributed by atoms with Crippen LogP contribution in [0.15, 0.2) is 53.2 Å². The van der Waals surface area contributed by atoms with E-state index < -0.39 is 6.04 Å². The first-order valence-corrected chi connectivity index (χ1v) is 7.14. The Bertz CT molecular complexity index is 820. The Morgan fingerprint density at radius 2 is 2.00 bits per heavy atom. The molecule has 0 aliphatic heterocycles. The third kappa shape index (κ3) is 3.15. The smallest absolute Gasteiger partial charge is 0.287 e. The third-order valence-electron chi connectivity index (χ3n) is 3.56. The molecule has 2 aromatic heterocycles. The molecule has 1 N–H and O–H groups in total. The van der Waals surface area contributed by atoms with Crippen molar-refractivity contribution in [1.29, 1.82) is 0 Å². The van der Waals surface area contributed by atoms with E-state index >= 15 is 0 Å². The van der Waals surface area contributed by atoms with Crippen LogP contribution in [0.25, 0.3) is 0 Å². The van der Waals surface area contributed by atoms with Crippen LogP contribution in [0.1, 0.15) is 33.7 Å². The van der Waals surface area contributed by atoms with Gasteiger partial charge in [-0.05, 0) is 36.8 Å². The van der Waals surface area contributed by atoms with E-state index in [0.29, 0.717) is 11.6 Å². The Morgan fingerprint density at radius 1 is 1.26 bits per heavy atom. The number of nitrogens with zero attached hydrogens (tertiary/aromatic N) is 2. The Hall–Kier alpha value is -2.89. The standard InChI is InChI=1S/C17H16FN3O2/c1-11-3-8-14(23-11)17(22)20-15(16-19-9-10-21(16)2)12-4-6-13(18)7-5-12/h3-10,15H,1-2H3,(H,20,22)/t15-/m1/s1. The minimum atomic E-state index is -0.506. The van der Waals surface area contributed by atoms with Gasteiger partial charge >= 0.3 is 0 Å². The molecule has 1 atom stereocenters. The van der Waals surface area contributed by atoms with Crippen LogP contribution in [0.2, 0.25) is 0 Å². The molecule has 0 unspecified atom stereocenters. The molecule has 3 aromatic rings. The van der Waals surface area contributed by atoms with Crippen LogP contribution < -0.4 is 5.32 Å². The number of benzene rings is 1. The first kappa shape index (κ1) is 15.0. The normalized spacial score (nSPS) is 12.1. The van der Waals surface area contributed by atoms with Gasteiger partial charge in [0.05, 0.1) is 0 Å². The van der Waals surface area contributed by atoms with Crippen molar-refractivity contribution in [2.75, 3.05) is 0 Å². The lowest BCUT2D eigenvalue weighted by molar-refractivity contribution is 0.0912. The summed E-state index contributed by atoms with van der Waals surface area (Å²) >= 11 is 0. The molecule has 0 saturated carbocycles. The van der Waals surface area contributed by atoms with Crippen LogP contribution in [0, 0.1) is 12.7 Å². The van der Waals surface area contributed by atoms with Gasteiger partial charge in [-0.1, -0.05) is 12.1 Å². The van der Waals surface area contributed by atoms with Gasteiger partial charge in [0, 0.05) is 19.4 Å². The Morgan fingerprint density at radius 3 is 2.57 bits per heavy atom. The van der Waals surface area contributed by atoms with Gasteiger partial charge in [-0.2, -0.15) is 0 Å². The average molecular weight is 313 g/mol. The van der Waals surface area contributed by atoms with E-state index in [1.54, 1.807) is 43.6 Å². The van der Waals surface area contributed by atoms with E-state index in [4.69, 9.17) is 4.42 Å². The number of hydrogen-bond acceptors (Lipinski definition) is 3. The molecule has 2 heterocycles. The summed E-state index contributed by atoms with van der Waals surface area (Å²) in [5.41, 5.74) is 0.734. The van der Waals surface area contributed by atoms with Crippen molar-refractivity contribution >= 4 is 5.91 Å². The summed E-state index contributed by atoms with van der Waals surface area (Å²) in [7, 11) is 1.84. The minimum absolute atomic E-state index is 0.226. The van der Waals surface area contributed by atoms with Crippen LogP contribution in [0.3, 0.4) is 0 Å². The summed E-state index contributed by atoms with van der Waals surface area (Å²) in [5.74, 6) is 0.846. The zero-order valence-electron chi connectivity index (χ0n) is 12.8. The van der Waals surface area contributed by atoms with Crippen molar-refractivity contribution in [1.82, 2.24) is 14.9 Å². The Balaban J connectivity index is 1.94. The summed E-state index contributed by atoms with van der Waals surface area (Å²) in [6.45, 7) is 1.77. The topological polar surface area (TPSA) is 60.1 Å². The molecule has 0 fully saturated rings. The highest BCUT2D eigenvalue weighted by Crippen LogP contribution is 2.21. The number of aryl methyl sites for hydroxylation is 2. The lowest BCUT2D eigenvalue weighted by Crippen LogP contribution is -2.30. The molecule has 0 bridgehead atoms. The van der Waals surface area contributed by atoms with Crippen LogP contribution >= 0.6 is 0 Å². The number of aromatic nitrogens is 2. The van der Waals surface area contributed by atoms with Gasteiger partial charge in [0.2, 0.25) is 0 Å². The summed E-state index contributed by atoms with van der Waals surface area (Å²) < 4.78 is 20.3. The van der Waals surface area contributed by atoms with Gasteiger partial charge in [-0.15, -0.1) is 0 Å². The molecule has 118 valence electrons.